The van der Waals surface area contributed by atoms with E-state index in [0.717, 1.165) is 5.69 Å². The van der Waals surface area contributed by atoms with Crippen molar-refractivity contribution in [3.8, 4) is 5.75 Å². The molecule has 1 aromatic carbocycles. The maximum Gasteiger partial charge on any atom is 0.252 e. The van der Waals surface area contributed by atoms with Gasteiger partial charge in [0.15, 0.2) is 0 Å². The third kappa shape index (κ3) is 4.48. The molecule has 2 fully saturated rings. The van der Waals surface area contributed by atoms with Crippen molar-refractivity contribution >= 4 is 27.0 Å². The van der Waals surface area contributed by atoms with Crippen molar-refractivity contribution in [3.05, 3.63) is 41.8 Å². The molecular weight excluding hydrogens is 426 g/mol. The van der Waals surface area contributed by atoms with Gasteiger partial charge in [-0.05, 0) is 35.7 Å². The van der Waals surface area contributed by atoms with Crippen LogP contribution in [-0.2, 0) is 14.8 Å². The molecule has 2 N–H and O–H groups in total. The molecule has 2 aromatic rings. The van der Waals surface area contributed by atoms with Gasteiger partial charge in [0.25, 0.3) is 10.0 Å². The smallest absolute Gasteiger partial charge is 0.252 e. The highest BCUT2D eigenvalue weighted by Crippen LogP contribution is 2.28. The van der Waals surface area contributed by atoms with E-state index in [0.29, 0.717) is 50.1 Å². The van der Waals surface area contributed by atoms with Crippen molar-refractivity contribution in [3.63, 3.8) is 0 Å². The second kappa shape index (κ2) is 9.21. The number of aliphatic hydroxyl groups excluding tert-OH is 1. The summed E-state index contributed by atoms with van der Waals surface area (Å²) in [5, 5.41) is 21.2. The Morgan fingerprint density at radius 3 is 2.60 bits per heavy atom. The highest BCUT2D eigenvalue weighted by atomic mass is 32.2. The number of nitrogens with zero attached hydrogens (tertiary/aromatic N) is 3. The van der Waals surface area contributed by atoms with E-state index in [4.69, 9.17) is 4.74 Å². The normalized spacial score (nSPS) is 24.2. The third-order valence-corrected chi connectivity index (χ3v) is 8.96. The summed E-state index contributed by atoms with van der Waals surface area (Å²) in [6.07, 6.45) is 0. The Hall–Kier alpha value is -1.69. The van der Waals surface area contributed by atoms with Crippen LogP contribution in [0.1, 0.15) is 0 Å². The van der Waals surface area contributed by atoms with Crippen LogP contribution in [0.3, 0.4) is 0 Å². The Labute approximate surface area is 181 Å². The Bertz CT molecular complexity index is 920. The van der Waals surface area contributed by atoms with E-state index in [2.05, 4.69) is 9.80 Å². The molecule has 0 bridgehead atoms. The minimum Gasteiger partial charge on any atom is -0.508 e. The number of morpholine rings is 1. The summed E-state index contributed by atoms with van der Waals surface area (Å²) in [7, 11) is -3.53. The molecule has 2 atom stereocenters. The zero-order chi connectivity index (χ0) is 21.1. The van der Waals surface area contributed by atoms with Crippen LogP contribution in [0.2, 0.25) is 0 Å². The van der Waals surface area contributed by atoms with Gasteiger partial charge in [0.05, 0.1) is 31.9 Å². The predicted molar refractivity (Wildman–Crippen MR) is 116 cm³/mol. The lowest BCUT2D eigenvalue weighted by Gasteiger charge is -2.45. The van der Waals surface area contributed by atoms with Crippen LogP contribution in [0.15, 0.2) is 46.0 Å². The van der Waals surface area contributed by atoms with Crippen molar-refractivity contribution in [1.29, 1.82) is 0 Å². The second-order valence-electron chi connectivity index (χ2n) is 7.57. The zero-order valence-electron chi connectivity index (χ0n) is 16.6. The number of sulfonamides is 1. The first-order valence-electron chi connectivity index (χ1n) is 10.0. The fourth-order valence-corrected chi connectivity index (χ4v) is 6.70. The Morgan fingerprint density at radius 2 is 1.90 bits per heavy atom. The summed E-state index contributed by atoms with van der Waals surface area (Å²) in [6.45, 7) is 3.69. The number of hydrogen-bond donors (Lipinski definition) is 2. The number of phenolic OH excluding ortho intramolecular Hbond substituents is 1. The van der Waals surface area contributed by atoms with Gasteiger partial charge in [-0.3, -0.25) is 4.90 Å². The number of benzene rings is 1. The summed E-state index contributed by atoms with van der Waals surface area (Å²) >= 11 is 1.23. The SMILES string of the molecule is O=S(=O)(c1cccs1)N1CCN(c2ccc(O)cc2)[C@@H](CN2CCOC[C@@H]2CO)C1. The average molecular weight is 454 g/mol. The van der Waals surface area contributed by atoms with Gasteiger partial charge < -0.3 is 19.8 Å². The van der Waals surface area contributed by atoms with Gasteiger partial charge >= 0.3 is 0 Å². The molecular formula is C20H27N3O5S2. The lowest BCUT2D eigenvalue weighted by Crippen LogP contribution is -2.60. The van der Waals surface area contributed by atoms with Crippen molar-refractivity contribution in [2.75, 3.05) is 57.4 Å². The number of anilines is 1. The maximum atomic E-state index is 13.1. The molecule has 0 radical (unpaired) electrons. The van der Waals surface area contributed by atoms with Gasteiger partial charge in [-0.15, -0.1) is 11.3 Å². The topological polar surface area (TPSA) is 93.6 Å². The summed E-state index contributed by atoms with van der Waals surface area (Å²) < 4.78 is 33.6. The molecule has 10 heteroatoms. The number of aliphatic hydroxyl groups is 1. The molecule has 0 unspecified atom stereocenters. The van der Waals surface area contributed by atoms with E-state index < -0.39 is 10.0 Å². The van der Waals surface area contributed by atoms with Crippen molar-refractivity contribution in [1.82, 2.24) is 9.21 Å². The predicted octanol–water partition coefficient (Wildman–Crippen LogP) is 1.03. The first kappa shape index (κ1) is 21.5. The monoisotopic (exact) mass is 453 g/mol. The summed E-state index contributed by atoms with van der Waals surface area (Å²) in [4.78, 5) is 4.38. The van der Waals surface area contributed by atoms with E-state index in [1.54, 1.807) is 34.0 Å². The largest absolute Gasteiger partial charge is 0.508 e. The maximum absolute atomic E-state index is 13.1. The number of piperazine rings is 1. The first-order valence-corrected chi connectivity index (χ1v) is 12.3. The van der Waals surface area contributed by atoms with Crippen LogP contribution < -0.4 is 4.90 Å². The molecule has 0 amide bonds. The summed E-state index contributed by atoms with van der Waals surface area (Å²) in [6, 6.07) is 10.2. The van der Waals surface area contributed by atoms with E-state index in [1.165, 1.54) is 11.3 Å². The molecule has 164 valence electrons. The molecule has 3 heterocycles. The number of hydrogen-bond acceptors (Lipinski definition) is 8. The van der Waals surface area contributed by atoms with E-state index in [9.17, 15) is 18.6 Å². The van der Waals surface area contributed by atoms with Crippen LogP contribution in [0.5, 0.6) is 5.75 Å². The molecule has 30 heavy (non-hydrogen) atoms. The van der Waals surface area contributed by atoms with Gasteiger partial charge in [0.2, 0.25) is 0 Å². The van der Waals surface area contributed by atoms with Crippen molar-refractivity contribution in [2.24, 2.45) is 0 Å². The molecule has 4 rings (SSSR count). The first-order chi connectivity index (χ1) is 14.5. The second-order valence-corrected chi connectivity index (χ2v) is 10.7. The lowest BCUT2D eigenvalue weighted by atomic mass is 10.1. The van der Waals surface area contributed by atoms with Crippen molar-refractivity contribution in [2.45, 2.75) is 16.3 Å². The van der Waals surface area contributed by atoms with Gasteiger partial charge in [-0.1, -0.05) is 6.07 Å². The van der Waals surface area contributed by atoms with Gasteiger partial charge in [-0.2, -0.15) is 4.31 Å². The van der Waals surface area contributed by atoms with Crippen LogP contribution in [-0.4, -0.2) is 92.5 Å². The standard InChI is InChI=1S/C20H27N3O5S2/c24-14-18-15-28-10-9-21(18)12-17-13-22(30(26,27)20-2-1-11-29-20)7-8-23(17)16-3-5-19(25)6-4-16/h1-6,11,17-18,24-25H,7-10,12-15H2/t17-,18-/m0/s1. The van der Waals surface area contributed by atoms with Gasteiger partial charge in [-0.25, -0.2) is 8.42 Å². The lowest BCUT2D eigenvalue weighted by molar-refractivity contribution is -0.0308. The quantitative estimate of drug-likeness (QED) is 0.675. The van der Waals surface area contributed by atoms with Gasteiger partial charge in [0.1, 0.15) is 9.96 Å². The van der Waals surface area contributed by atoms with Crippen LogP contribution in [0.4, 0.5) is 5.69 Å². The number of aromatic hydroxyl groups is 1. The molecule has 0 saturated carbocycles. The molecule has 0 spiro atoms. The fraction of sp³-hybridized carbons (Fsp3) is 0.500. The van der Waals surface area contributed by atoms with Crippen molar-refractivity contribution < 1.29 is 23.4 Å². The molecule has 8 nitrogen and oxygen atoms in total. The summed E-state index contributed by atoms with van der Waals surface area (Å²) in [5.74, 6) is 0.197. The Balaban J connectivity index is 1.59. The Kier molecular flexibility index (Phi) is 6.61. The highest BCUT2D eigenvalue weighted by molar-refractivity contribution is 7.91. The molecule has 2 saturated heterocycles. The third-order valence-electron chi connectivity index (χ3n) is 5.72. The summed E-state index contributed by atoms with van der Waals surface area (Å²) in [5.41, 5.74) is 0.944. The highest BCUT2D eigenvalue weighted by Gasteiger charge is 2.37. The van der Waals surface area contributed by atoms with Crippen LogP contribution in [0, 0.1) is 0 Å². The minimum absolute atomic E-state index is 0.00311. The fourth-order valence-electron chi connectivity index (χ4n) is 4.09. The molecule has 0 aliphatic carbocycles. The number of thiophene rings is 1. The van der Waals surface area contributed by atoms with E-state index in [-0.39, 0.29) is 24.4 Å². The zero-order valence-corrected chi connectivity index (χ0v) is 18.3. The molecule has 2 aliphatic heterocycles. The number of phenols is 1. The molecule has 1 aromatic heterocycles. The number of ether oxygens (including phenoxy) is 1. The Morgan fingerprint density at radius 1 is 1.10 bits per heavy atom. The van der Waals surface area contributed by atoms with Crippen LogP contribution >= 0.6 is 11.3 Å². The van der Waals surface area contributed by atoms with E-state index in [1.807, 2.05) is 12.1 Å². The minimum atomic E-state index is -3.53. The molecule has 2 aliphatic rings. The average Bonchev–Trinajstić information content (AvgIpc) is 3.31. The van der Waals surface area contributed by atoms with Gasteiger partial charge in [0, 0.05) is 38.4 Å². The van der Waals surface area contributed by atoms with Crippen LogP contribution in [0.25, 0.3) is 0 Å². The van der Waals surface area contributed by atoms with E-state index >= 15 is 0 Å². The number of rotatable bonds is 6.